The summed E-state index contributed by atoms with van der Waals surface area (Å²) in [5.74, 6) is 0.373. The Morgan fingerprint density at radius 2 is 1.83 bits per heavy atom. The van der Waals surface area contributed by atoms with Crippen LogP contribution in [0.1, 0.15) is 27.8 Å². The third kappa shape index (κ3) is 2.59. The zero-order valence-corrected chi connectivity index (χ0v) is 13.6. The highest BCUT2D eigenvalue weighted by Gasteiger charge is 2.29. The Bertz CT molecular complexity index is 869. The van der Waals surface area contributed by atoms with Gasteiger partial charge in [0.25, 0.3) is 5.91 Å². The molecule has 1 fully saturated rings. The number of benzene rings is 2. The van der Waals surface area contributed by atoms with Crippen molar-refractivity contribution in [1.82, 2.24) is 4.90 Å². The number of carbonyl (C=O) groups excluding carboxylic acids is 1. The predicted octanol–water partition coefficient (Wildman–Crippen LogP) is 3.95. The smallest absolute Gasteiger partial charge is 0.290 e. The number of morpholine rings is 1. The maximum atomic E-state index is 12.9. The van der Waals surface area contributed by atoms with E-state index >= 15 is 0 Å². The largest absolute Gasteiger partial charge is 0.451 e. The van der Waals surface area contributed by atoms with Gasteiger partial charge in [-0.15, -0.1) is 0 Å². The quantitative estimate of drug-likeness (QED) is 0.717. The molecule has 0 radical (unpaired) electrons. The van der Waals surface area contributed by atoms with Gasteiger partial charge in [0.15, 0.2) is 5.76 Å². The van der Waals surface area contributed by atoms with Crippen LogP contribution in [0.5, 0.6) is 0 Å². The van der Waals surface area contributed by atoms with E-state index in [9.17, 15) is 4.79 Å². The SMILES string of the molecule is Cc1c(C(=O)N2CCOC(c3ccccc3)C2)oc2ccccc12. The van der Waals surface area contributed by atoms with Crippen LogP contribution in [0.15, 0.2) is 59.0 Å². The van der Waals surface area contributed by atoms with E-state index in [1.807, 2.05) is 66.4 Å². The number of amides is 1. The number of aryl methyl sites for hydroxylation is 1. The lowest BCUT2D eigenvalue weighted by molar-refractivity contribution is -0.0237. The molecule has 1 atom stereocenters. The van der Waals surface area contributed by atoms with Crippen molar-refractivity contribution in [3.63, 3.8) is 0 Å². The van der Waals surface area contributed by atoms with E-state index in [-0.39, 0.29) is 12.0 Å². The molecule has 4 nitrogen and oxygen atoms in total. The summed E-state index contributed by atoms with van der Waals surface area (Å²) in [7, 11) is 0. The summed E-state index contributed by atoms with van der Waals surface area (Å²) in [4.78, 5) is 14.8. The number of hydrogen-bond donors (Lipinski definition) is 0. The standard InChI is InChI=1S/C20H19NO3/c1-14-16-9-5-6-10-17(16)24-19(14)20(22)21-11-12-23-18(13-21)15-7-3-2-4-8-15/h2-10,18H,11-13H2,1H3. The average molecular weight is 321 g/mol. The van der Waals surface area contributed by atoms with Crippen molar-refractivity contribution in [2.45, 2.75) is 13.0 Å². The van der Waals surface area contributed by atoms with Crippen LogP contribution in [-0.2, 0) is 4.74 Å². The van der Waals surface area contributed by atoms with E-state index in [0.717, 1.165) is 22.1 Å². The molecular formula is C20H19NO3. The number of carbonyl (C=O) groups is 1. The van der Waals surface area contributed by atoms with Gasteiger partial charge in [0.2, 0.25) is 0 Å². The Morgan fingerprint density at radius 3 is 2.62 bits per heavy atom. The number of para-hydroxylation sites is 1. The lowest BCUT2D eigenvalue weighted by Gasteiger charge is -2.32. The molecule has 24 heavy (non-hydrogen) atoms. The van der Waals surface area contributed by atoms with Crippen LogP contribution < -0.4 is 0 Å². The van der Waals surface area contributed by atoms with Gasteiger partial charge in [0.05, 0.1) is 13.2 Å². The number of fused-ring (bicyclic) bond motifs is 1. The second-order valence-corrected chi connectivity index (χ2v) is 6.07. The van der Waals surface area contributed by atoms with Crippen LogP contribution in [0.2, 0.25) is 0 Å². The van der Waals surface area contributed by atoms with Crippen molar-refractivity contribution in [2.75, 3.05) is 19.7 Å². The van der Waals surface area contributed by atoms with Crippen molar-refractivity contribution < 1.29 is 13.9 Å². The molecule has 0 saturated carbocycles. The first-order valence-electron chi connectivity index (χ1n) is 8.18. The highest BCUT2D eigenvalue weighted by Crippen LogP contribution is 2.28. The molecule has 3 aromatic rings. The van der Waals surface area contributed by atoms with Crippen LogP contribution in [0, 0.1) is 6.92 Å². The van der Waals surface area contributed by atoms with E-state index in [1.165, 1.54) is 0 Å². The number of ether oxygens (including phenoxy) is 1. The van der Waals surface area contributed by atoms with E-state index < -0.39 is 0 Å². The summed E-state index contributed by atoms with van der Waals surface area (Å²) < 4.78 is 11.7. The minimum absolute atomic E-state index is 0.0621. The predicted molar refractivity (Wildman–Crippen MR) is 92.0 cm³/mol. The fourth-order valence-corrected chi connectivity index (χ4v) is 3.23. The normalized spacial score (nSPS) is 18.0. The maximum Gasteiger partial charge on any atom is 0.290 e. The van der Waals surface area contributed by atoms with Crippen molar-refractivity contribution in [3.8, 4) is 0 Å². The van der Waals surface area contributed by atoms with Crippen LogP contribution in [-0.4, -0.2) is 30.5 Å². The lowest BCUT2D eigenvalue weighted by Crippen LogP contribution is -2.42. The average Bonchev–Trinajstić information content (AvgIpc) is 2.99. The Balaban J connectivity index is 1.60. The second-order valence-electron chi connectivity index (χ2n) is 6.07. The maximum absolute atomic E-state index is 12.9. The summed E-state index contributed by atoms with van der Waals surface area (Å²) in [5, 5.41) is 0.994. The van der Waals surface area contributed by atoms with E-state index in [1.54, 1.807) is 0 Å². The molecule has 0 aliphatic carbocycles. The highest BCUT2D eigenvalue weighted by molar-refractivity contribution is 5.99. The molecule has 1 saturated heterocycles. The summed E-state index contributed by atoms with van der Waals surface area (Å²) in [5.41, 5.74) is 2.75. The first kappa shape index (κ1) is 15.0. The molecule has 1 aromatic heterocycles. The topological polar surface area (TPSA) is 42.7 Å². The highest BCUT2D eigenvalue weighted by atomic mass is 16.5. The van der Waals surface area contributed by atoms with Gasteiger partial charge in [-0.05, 0) is 18.6 Å². The summed E-state index contributed by atoms with van der Waals surface area (Å²) >= 11 is 0. The van der Waals surface area contributed by atoms with Crippen LogP contribution in [0.4, 0.5) is 0 Å². The monoisotopic (exact) mass is 321 g/mol. The van der Waals surface area contributed by atoms with Gasteiger partial charge in [-0.2, -0.15) is 0 Å². The van der Waals surface area contributed by atoms with Crippen LogP contribution in [0.3, 0.4) is 0 Å². The molecule has 0 N–H and O–H groups in total. The van der Waals surface area contributed by atoms with E-state index in [4.69, 9.17) is 9.15 Å². The number of furan rings is 1. The third-order valence-electron chi connectivity index (χ3n) is 4.56. The van der Waals surface area contributed by atoms with Gasteiger partial charge in [0, 0.05) is 17.5 Å². The molecule has 1 aliphatic heterocycles. The molecule has 0 spiro atoms. The Morgan fingerprint density at radius 1 is 1.08 bits per heavy atom. The van der Waals surface area contributed by atoms with Gasteiger partial charge in [-0.1, -0.05) is 48.5 Å². The van der Waals surface area contributed by atoms with Crippen molar-refractivity contribution in [2.24, 2.45) is 0 Å². The number of rotatable bonds is 2. The van der Waals surface area contributed by atoms with Crippen molar-refractivity contribution in [3.05, 3.63) is 71.5 Å². The number of nitrogens with zero attached hydrogens (tertiary/aromatic N) is 1. The molecule has 1 amide bonds. The van der Waals surface area contributed by atoms with E-state index in [2.05, 4.69) is 0 Å². The zero-order valence-electron chi connectivity index (χ0n) is 13.6. The fraction of sp³-hybridized carbons (Fsp3) is 0.250. The Hall–Kier alpha value is -2.59. The van der Waals surface area contributed by atoms with E-state index in [0.29, 0.717) is 25.5 Å². The van der Waals surface area contributed by atoms with Crippen LogP contribution in [0.25, 0.3) is 11.0 Å². The summed E-state index contributed by atoms with van der Waals surface area (Å²) in [6.07, 6.45) is -0.0893. The molecule has 122 valence electrons. The fourth-order valence-electron chi connectivity index (χ4n) is 3.23. The zero-order chi connectivity index (χ0) is 16.5. The lowest BCUT2D eigenvalue weighted by atomic mass is 10.1. The minimum Gasteiger partial charge on any atom is -0.451 e. The summed E-state index contributed by atoms with van der Waals surface area (Å²) in [6, 6.07) is 17.8. The van der Waals surface area contributed by atoms with Gasteiger partial charge in [-0.25, -0.2) is 0 Å². The van der Waals surface area contributed by atoms with Crippen LogP contribution >= 0.6 is 0 Å². The Labute approximate surface area is 140 Å². The number of hydrogen-bond acceptors (Lipinski definition) is 3. The Kier molecular flexibility index (Phi) is 3.82. The first-order chi connectivity index (χ1) is 11.7. The molecule has 4 rings (SSSR count). The van der Waals surface area contributed by atoms with Gasteiger partial charge >= 0.3 is 0 Å². The minimum atomic E-state index is -0.0893. The molecule has 2 aromatic carbocycles. The van der Waals surface area contributed by atoms with Gasteiger partial charge in [-0.3, -0.25) is 4.79 Å². The third-order valence-corrected chi connectivity index (χ3v) is 4.56. The molecular weight excluding hydrogens is 302 g/mol. The molecule has 2 heterocycles. The molecule has 1 aliphatic rings. The first-order valence-corrected chi connectivity index (χ1v) is 8.18. The van der Waals surface area contributed by atoms with Crippen molar-refractivity contribution in [1.29, 1.82) is 0 Å². The van der Waals surface area contributed by atoms with Gasteiger partial charge < -0.3 is 14.1 Å². The molecule has 4 heteroatoms. The molecule has 0 bridgehead atoms. The molecule has 1 unspecified atom stereocenters. The second kappa shape index (κ2) is 6.13. The summed E-state index contributed by atoms with van der Waals surface area (Å²) in [6.45, 7) is 3.59. The van der Waals surface area contributed by atoms with Crippen molar-refractivity contribution >= 4 is 16.9 Å². The van der Waals surface area contributed by atoms with Gasteiger partial charge in [0.1, 0.15) is 11.7 Å².